The van der Waals surface area contributed by atoms with Crippen LogP contribution in [0.15, 0.2) is 30.6 Å². The SMILES string of the molecule is Cc1nc2ncnn2c(NC(C)c2ccc(OC(F)(F)C(F)F)cc2)c1Cl. The number of rotatable bonds is 6. The maximum Gasteiger partial charge on any atom is 0.461 e. The van der Waals surface area contributed by atoms with Gasteiger partial charge in [-0.1, -0.05) is 23.7 Å². The summed E-state index contributed by atoms with van der Waals surface area (Å²) in [5.41, 5.74) is 1.24. The molecule has 3 rings (SSSR count). The molecule has 27 heavy (non-hydrogen) atoms. The fraction of sp³-hybridized carbons (Fsp3) is 0.312. The minimum atomic E-state index is -4.55. The van der Waals surface area contributed by atoms with Gasteiger partial charge in [0, 0.05) is 6.04 Å². The molecule has 0 radical (unpaired) electrons. The Morgan fingerprint density at radius 1 is 1.22 bits per heavy atom. The molecular formula is C16H14ClF4N5O. The van der Waals surface area contributed by atoms with Crippen LogP contribution in [0.3, 0.4) is 0 Å². The summed E-state index contributed by atoms with van der Waals surface area (Å²) in [6.45, 7) is 3.53. The molecule has 144 valence electrons. The number of hydrogen-bond donors (Lipinski definition) is 1. The maximum absolute atomic E-state index is 13.0. The van der Waals surface area contributed by atoms with Gasteiger partial charge in [0.1, 0.15) is 17.1 Å². The highest BCUT2D eigenvalue weighted by Crippen LogP contribution is 2.30. The molecule has 1 atom stereocenters. The van der Waals surface area contributed by atoms with Crippen molar-refractivity contribution >= 4 is 23.2 Å². The van der Waals surface area contributed by atoms with Crippen molar-refractivity contribution in [2.45, 2.75) is 32.4 Å². The average Bonchev–Trinajstić information content (AvgIpc) is 3.07. The number of anilines is 1. The van der Waals surface area contributed by atoms with Gasteiger partial charge in [-0.25, -0.2) is 4.98 Å². The van der Waals surface area contributed by atoms with Crippen LogP contribution in [-0.4, -0.2) is 32.1 Å². The van der Waals surface area contributed by atoms with Crippen LogP contribution >= 0.6 is 11.6 Å². The van der Waals surface area contributed by atoms with Crippen LogP contribution in [0.25, 0.3) is 5.78 Å². The number of benzene rings is 1. The van der Waals surface area contributed by atoms with E-state index in [2.05, 4.69) is 25.1 Å². The number of halogens is 5. The first kappa shape index (κ1) is 19.2. The van der Waals surface area contributed by atoms with E-state index < -0.39 is 12.5 Å². The van der Waals surface area contributed by atoms with Crippen LogP contribution in [-0.2, 0) is 0 Å². The third kappa shape index (κ3) is 3.90. The second kappa shape index (κ2) is 7.18. The van der Waals surface area contributed by atoms with E-state index in [4.69, 9.17) is 11.6 Å². The molecule has 0 saturated heterocycles. The highest BCUT2D eigenvalue weighted by Gasteiger charge is 2.43. The summed E-state index contributed by atoms with van der Waals surface area (Å²) in [6.07, 6.45) is -7.13. The molecule has 6 nitrogen and oxygen atoms in total. The van der Waals surface area contributed by atoms with Crippen molar-refractivity contribution in [3.8, 4) is 5.75 Å². The molecule has 11 heteroatoms. The quantitative estimate of drug-likeness (QED) is 0.614. The highest BCUT2D eigenvalue weighted by molar-refractivity contribution is 6.33. The fourth-order valence-electron chi connectivity index (χ4n) is 2.37. The number of nitrogens with zero attached hydrogens (tertiary/aromatic N) is 4. The van der Waals surface area contributed by atoms with Gasteiger partial charge in [0.15, 0.2) is 5.82 Å². The van der Waals surface area contributed by atoms with Crippen LogP contribution in [0.2, 0.25) is 5.02 Å². The number of nitrogens with one attached hydrogen (secondary N) is 1. The zero-order valence-corrected chi connectivity index (χ0v) is 14.9. The summed E-state index contributed by atoms with van der Waals surface area (Å²) in [6, 6.07) is 5.02. The zero-order valence-electron chi connectivity index (χ0n) is 14.1. The lowest BCUT2D eigenvalue weighted by Crippen LogP contribution is -2.33. The van der Waals surface area contributed by atoms with Gasteiger partial charge in [0.05, 0.1) is 5.69 Å². The van der Waals surface area contributed by atoms with Gasteiger partial charge in [0.2, 0.25) is 0 Å². The van der Waals surface area contributed by atoms with Gasteiger partial charge >= 0.3 is 12.5 Å². The average molecular weight is 404 g/mol. The molecule has 1 unspecified atom stereocenters. The van der Waals surface area contributed by atoms with E-state index in [1.807, 2.05) is 0 Å². The maximum atomic E-state index is 13.0. The number of fused-ring (bicyclic) bond motifs is 1. The van der Waals surface area contributed by atoms with E-state index in [9.17, 15) is 17.6 Å². The second-order valence-corrected chi connectivity index (χ2v) is 6.11. The topological polar surface area (TPSA) is 64.3 Å². The van der Waals surface area contributed by atoms with Crippen molar-refractivity contribution in [3.63, 3.8) is 0 Å². The minimum absolute atomic E-state index is 0.318. The van der Waals surface area contributed by atoms with Gasteiger partial charge in [-0.2, -0.15) is 32.2 Å². The van der Waals surface area contributed by atoms with Crippen molar-refractivity contribution < 1.29 is 22.3 Å². The monoisotopic (exact) mass is 403 g/mol. The van der Waals surface area contributed by atoms with Crippen LogP contribution < -0.4 is 10.1 Å². The number of ether oxygens (including phenoxy) is 1. The molecule has 3 aromatic rings. The third-order valence-electron chi connectivity index (χ3n) is 3.78. The minimum Gasteiger partial charge on any atom is -0.428 e. The summed E-state index contributed by atoms with van der Waals surface area (Å²) in [5, 5.41) is 7.58. The van der Waals surface area contributed by atoms with Gasteiger partial charge in [-0.05, 0) is 31.5 Å². The van der Waals surface area contributed by atoms with Crippen LogP contribution in [0.5, 0.6) is 5.75 Å². The molecule has 0 fully saturated rings. The Bertz CT molecular complexity index is 948. The Morgan fingerprint density at radius 3 is 2.52 bits per heavy atom. The Labute approximate surface area is 156 Å². The van der Waals surface area contributed by atoms with Crippen LogP contribution in [0.1, 0.15) is 24.2 Å². The lowest BCUT2D eigenvalue weighted by atomic mass is 10.1. The molecule has 2 heterocycles. The summed E-state index contributed by atoms with van der Waals surface area (Å²) in [4.78, 5) is 8.22. The molecule has 2 aromatic heterocycles. The summed E-state index contributed by atoms with van der Waals surface area (Å²) in [7, 11) is 0. The van der Waals surface area contributed by atoms with Crippen molar-refractivity contribution in [2.24, 2.45) is 0 Å². The normalized spacial score (nSPS) is 13.2. The first-order valence-electron chi connectivity index (χ1n) is 7.76. The molecule has 0 amide bonds. The highest BCUT2D eigenvalue weighted by atomic mass is 35.5. The predicted molar refractivity (Wildman–Crippen MR) is 90.6 cm³/mol. The van der Waals surface area contributed by atoms with E-state index in [1.54, 1.807) is 13.8 Å². The first-order chi connectivity index (χ1) is 12.7. The molecule has 0 aliphatic carbocycles. The van der Waals surface area contributed by atoms with E-state index in [0.29, 0.717) is 27.9 Å². The van der Waals surface area contributed by atoms with Crippen molar-refractivity contribution in [2.75, 3.05) is 5.32 Å². The predicted octanol–water partition coefficient (Wildman–Crippen LogP) is 4.50. The van der Waals surface area contributed by atoms with E-state index in [1.165, 1.54) is 35.1 Å². The van der Waals surface area contributed by atoms with Gasteiger partial charge in [-0.15, -0.1) is 0 Å². The van der Waals surface area contributed by atoms with E-state index in [0.717, 1.165) is 0 Å². The smallest absolute Gasteiger partial charge is 0.428 e. The summed E-state index contributed by atoms with van der Waals surface area (Å²) in [5.74, 6) is 0.464. The summed E-state index contributed by atoms with van der Waals surface area (Å²) < 4.78 is 55.8. The van der Waals surface area contributed by atoms with Gasteiger partial charge < -0.3 is 10.1 Å². The standard InChI is InChI=1S/C16H14ClF4N5O/c1-8(10-3-5-11(6-4-10)27-16(20,21)14(18)19)24-13-12(17)9(2)25-15-22-7-23-26(13)15/h3-8,14,24H,1-2H3. The van der Waals surface area contributed by atoms with Crippen molar-refractivity contribution in [1.29, 1.82) is 0 Å². The lowest BCUT2D eigenvalue weighted by molar-refractivity contribution is -0.253. The molecule has 0 aliphatic heterocycles. The van der Waals surface area contributed by atoms with Gasteiger partial charge in [0.25, 0.3) is 5.78 Å². The molecule has 1 N–H and O–H groups in total. The number of hydrogen-bond acceptors (Lipinski definition) is 5. The van der Waals surface area contributed by atoms with Crippen molar-refractivity contribution in [1.82, 2.24) is 19.6 Å². The molecule has 0 spiro atoms. The van der Waals surface area contributed by atoms with E-state index in [-0.39, 0.29) is 11.8 Å². The number of aromatic nitrogens is 4. The Balaban J connectivity index is 1.80. The number of aryl methyl sites for hydroxylation is 1. The second-order valence-electron chi connectivity index (χ2n) is 5.73. The van der Waals surface area contributed by atoms with Gasteiger partial charge in [-0.3, -0.25) is 0 Å². The van der Waals surface area contributed by atoms with Crippen LogP contribution in [0.4, 0.5) is 23.4 Å². The first-order valence-corrected chi connectivity index (χ1v) is 8.14. The largest absolute Gasteiger partial charge is 0.461 e. The zero-order chi connectivity index (χ0) is 19.8. The Hall–Kier alpha value is -2.62. The molecule has 0 saturated carbocycles. The Kier molecular flexibility index (Phi) is 5.09. The fourth-order valence-corrected chi connectivity index (χ4v) is 2.55. The molecular weight excluding hydrogens is 390 g/mol. The summed E-state index contributed by atoms with van der Waals surface area (Å²) >= 11 is 6.30. The van der Waals surface area contributed by atoms with Crippen molar-refractivity contribution in [3.05, 3.63) is 46.9 Å². The number of alkyl halides is 4. The lowest BCUT2D eigenvalue weighted by Gasteiger charge is -2.19. The van der Waals surface area contributed by atoms with Crippen LogP contribution in [0, 0.1) is 6.92 Å². The molecule has 1 aromatic carbocycles. The third-order valence-corrected chi connectivity index (χ3v) is 4.23. The molecule has 0 aliphatic rings. The van der Waals surface area contributed by atoms with E-state index >= 15 is 0 Å². The molecule has 0 bridgehead atoms. The Morgan fingerprint density at radius 2 is 1.89 bits per heavy atom.